The molecule has 23 heavy (non-hydrogen) atoms. The molecule has 0 aliphatic heterocycles. The van der Waals surface area contributed by atoms with Gasteiger partial charge in [-0.05, 0) is 23.6 Å². The van der Waals surface area contributed by atoms with Crippen molar-refractivity contribution in [1.82, 2.24) is 0 Å². The average Bonchev–Trinajstić information content (AvgIpc) is 2.50. The van der Waals surface area contributed by atoms with E-state index in [-0.39, 0.29) is 42.5 Å². The Morgan fingerprint density at radius 2 is 1.61 bits per heavy atom. The van der Waals surface area contributed by atoms with Crippen LogP contribution in [0.3, 0.4) is 0 Å². The molecule has 0 heterocycles. The van der Waals surface area contributed by atoms with Crippen molar-refractivity contribution in [2.24, 2.45) is 0 Å². The Bertz CT molecular complexity index is 954. The quantitative estimate of drug-likeness (QED) is 0.402. The topological polar surface area (TPSA) is 83.8 Å². The summed E-state index contributed by atoms with van der Waals surface area (Å²) in [6.07, 6.45) is 0. The first-order valence-electron chi connectivity index (χ1n) is 6.41. The van der Waals surface area contributed by atoms with Crippen LogP contribution >= 0.6 is 0 Å². The Morgan fingerprint density at radius 1 is 0.913 bits per heavy atom. The van der Waals surface area contributed by atoms with Crippen molar-refractivity contribution in [1.29, 1.82) is 0 Å². The van der Waals surface area contributed by atoms with E-state index < -0.39 is 20.8 Å². The standard InChI is InChI=1S/C16H12O5S.Na.H/c17-12-8-9-14(18)16(10-12)22(19,20)21-15-7-3-5-11-4-1-2-6-13(11)15;;/h1-10,17-18H;;/q;+1;-1. The Balaban J connectivity index is 0.00000144. The summed E-state index contributed by atoms with van der Waals surface area (Å²) in [7, 11) is -4.27. The number of benzene rings is 3. The van der Waals surface area contributed by atoms with E-state index in [1.807, 2.05) is 18.2 Å². The fourth-order valence-corrected chi connectivity index (χ4v) is 3.20. The van der Waals surface area contributed by atoms with Gasteiger partial charge in [-0.15, -0.1) is 0 Å². The predicted octanol–water partition coefficient (Wildman–Crippen LogP) is 0.135. The maximum Gasteiger partial charge on any atom is 1.00 e. The van der Waals surface area contributed by atoms with E-state index in [4.69, 9.17) is 4.18 Å². The summed E-state index contributed by atoms with van der Waals surface area (Å²) in [5.74, 6) is -0.614. The molecule has 3 rings (SSSR count). The molecule has 0 fully saturated rings. The minimum atomic E-state index is -4.27. The molecule has 0 radical (unpaired) electrons. The Labute approximate surface area is 157 Å². The normalized spacial score (nSPS) is 11.0. The number of rotatable bonds is 3. The van der Waals surface area contributed by atoms with Gasteiger partial charge in [0, 0.05) is 11.5 Å². The summed E-state index contributed by atoms with van der Waals surface area (Å²) in [6.45, 7) is 0. The average molecular weight is 340 g/mol. The molecule has 0 amide bonds. The molecule has 3 aromatic carbocycles. The van der Waals surface area contributed by atoms with Gasteiger partial charge in [-0.25, -0.2) is 0 Å². The second-order valence-corrected chi connectivity index (χ2v) is 6.18. The number of hydrogen-bond acceptors (Lipinski definition) is 5. The van der Waals surface area contributed by atoms with Crippen LogP contribution in [-0.4, -0.2) is 18.6 Å². The van der Waals surface area contributed by atoms with Crippen LogP contribution in [0.5, 0.6) is 17.2 Å². The molecule has 0 saturated heterocycles. The van der Waals surface area contributed by atoms with Gasteiger partial charge in [0.15, 0.2) is 10.6 Å². The molecule has 114 valence electrons. The fraction of sp³-hybridized carbons (Fsp3) is 0. The van der Waals surface area contributed by atoms with Crippen LogP contribution in [0, 0.1) is 0 Å². The van der Waals surface area contributed by atoms with E-state index in [0.717, 1.165) is 17.5 Å². The minimum absolute atomic E-state index is 0. The summed E-state index contributed by atoms with van der Waals surface area (Å²) >= 11 is 0. The predicted molar refractivity (Wildman–Crippen MR) is 82.6 cm³/mol. The smallest absolute Gasteiger partial charge is 1.00 e. The molecule has 0 bridgehead atoms. The third-order valence-corrected chi connectivity index (χ3v) is 4.43. The first-order valence-corrected chi connectivity index (χ1v) is 7.82. The van der Waals surface area contributed by atoms with Crippen LogP contribution in [0.2, 0.25) is 0 Å². The molecule has 5 nitrogen and oxygen atoms in total. The summed E-state index contributed by atoms with van der Waals surface area (Å²) in [4.78, 5) is -0.486. The molecule has 0 unspecified atom stereocenters. The molecule has 2 N–H and O–H groups in total. The molecule has 0 spiro atoms. The van der Waals surface area contributed by atoms with E-state index in [0.29, 0.717) is 5.39 Å². The van der Waals surface area contributed by atoms with Crippen molar-refractivity contribution in [3.8, 4) is 17.2 Å². The van der Waals surface area contributed by atoms with Gasteiger partial charge in [-0.3, -0.25) is 0 Å². The monoisotopic (exact) mass is 340 g/mol. The first-order chi connectivity index (χ1) is 10.5. The Kier molecular flexibility index (Phi) is 5.21. The second kappa shape index (κ2) is 6.80. The number of phenolic OH excluding ortho intramolecular Hbond substituents is 2. The van der Waals surface area contributed by atoms with E-state index in [2.05, 4.69) is 0 Å². The van der Waals surface area contributed by atoms with Crippen LogP contribution in [0.15, 0.2) is 65.6 Å². The third-order valence-electron chi connectivity index (χ3n) is 3.16. The zero-order valence-corrected chi connectivity index (χ0v) is 15.1. The van der Waals surface area contributed by atoms with Crippen LogP contribution in [0.4, 0.5) is 0 Å². The summed E-state index contributed by atoms with van der Waals surface area (Å²) in [6, 6.07) is 15.4. The van der Waals surface area contributed by atoms with Gasteiger partial charge in [0.1, 0.15) is 11.5 Å². The van der Waals surface area contributed by atoms with Gasteiger partial charge in [-0.2, -0.15) is 8.42 Å². The summed E-state index contributed by atoms with van der Waals surface area (Å²) in [5, 5.41) is 20.6. The zero-order chi connectivity index (χ0) is 15.7. The van der Waals surface area contributed by atoms with E-state index >= 15 is 0 Å². The van der Waals surface area contributed by atoms with Gasteiger partial charge in [-0.1, -0.05) is 36.4 Å². The van der Waals surface area contributed by atoms with Gasteiger partial charge in [0.25, 0.3) is 0 Å². The molecule has 0 aromatic heterocycles. The number of fused-ring (bicyclic) bond motifs is 1. The number of aromatic hydroxyl groups is 2. The number of hydrogen-bond donors (Lipinski definition) is 2. The molecule has 0 atom stereocenters. The molecular formula is C16H13NaO5S. The largest absolute Gasteiger partial charge is 1.00 e. The summed E-state index contributed by atoms with van der Waals surface area (Å²) < 4.78 is 29.8. The molecule has 0 saturated carbocycles. The SMILES string of the molecule is O=S(=O)(Oc1cccc2ccccc12)c1cc(O)ccc1O.[H-].[Na+]. The van der Waals surface area contributed by atoms with Crippen LogP contribution in [0.1, 0.15) is 1.43 Å². The van der Waals surface area contributed by atoms with E-state index in [9.17, 15) is 18.6 Å². The first kappa shape index (κ1) is 17.6. The van der Waals surface area contributed by atoms with Crippen molar-refractivity contribution in [3.05, 3.63) is 60.7 Å². The maximum absolute atomic E-state index is 12.3. The van der Waals surface area contributed by atoms with Gasteiger partial charge in [0.05, 0.1) is 0 Å². The van der Waals surface area contributed by atoms with Crippen LogP contribution in [0.25, 0.3) is 10.8 Å². The second-order valence-electron chi connectivity index (χ2n) is 4.67. The number of phenols is 2. The van der Waals surface area contributed by atoms with Crippen molar-refractivity contribution in [3.63, 3.8) is 0 Å². The Morgan fingerprint density at radius 3 is 2.39 bits per heavy atom. The van der Waals surface area contributed by atoms with Crippen molar-refractivity contribution in [2.75, 3.05) is 0 Å². The summed E-state index contributed by atoms with van der Waals surface area (Å²) in [5.41, 5.74) is 0. The minimum Gasteiger partial charge on any atom is -1.00 e. The molecule has 0 aliphatic carbocycles. The molecule has 0 aliphatic rings. The van der Waals surface area contributed by atoms with Gasteiger partial charge < -0.3 is 15.8 Å². The van der Waals surface area contributed by atoms with Crippen LogP contribution < -0.4 is 33.7 Å². The third kappa shape index (κ3) is 3.61. The van der Waals surface area contributed by atoms with Crippen LogP contribution in [-0.2, 0) is 10.1 Å². The van der Waals surface area contributed by atoms with E-state index in [1.165, 1.54) is 12.1 Å². The van der Waals surface area contributed by atoms with Gasteiger partial charge >= 0.3 is 39.7 Å². The van der Waals surface area contributed by atoms with Crippen molar-refractivity contribution >= 4 is 20.9 Å². The molecular weight excluding hydrogens is 327 g/mol. The molecule has 7 heteroatoms. The Hall–Kier alpha value is -1.73. The van der Waals surface area contributed by atoms with Crippen molar-refractivity contribution in [2.45, 2.75) is 4.90 Å². The zero-order valence-electron chi connectivity index (χ0n) is 13.3. The van der Waals surface area contributed by atoms with E-state index in [1.54, 1.807) is 18.2 Å². The van der Waals surface area contributed by atoms with Gasteiger partial charge in [0.2, 0.25) is 0 Å². The van der Waals surface area contributed by atoms with Crippen molar-refractivity contribution < 1.29 is 53.8 Å². The fourth-order valence-electron chi connectivity index (χ4n) is 2.13. The maximum atomic E-state index is 12.3. The molecule has 3 aromatic rings.